The zero-order valence-corrected chi connectivity index (χ0v) is 26.7. The summed E-state index contributed by atoms with van der Waals surface area (Å²) in [5, 5.41) is 0. The van der Waals surface area contributed by atoms with Gasteiger partial charge < -0.3 is 14.5 Å². The molecule has 0 bridgehead atoms. The van der Waals surface area contributed by atoms with Gasteiger partial charge in [0, 0.05) is 19.3 Å². The molecule has 0 spiro atoms. The third-order valence-corrected chi connectivity index (χ3v) is 8.53. The van der Waals surface area contributed by atoms with Crippen molar-refractivity contribution >= 4 is 9.84 Å². The Bertz CT molecular complexity index is 736. The Hall–Kier alpha value is -0.990. The number of rotatable bonds is 10. The van der Waals surface area contributed by atoms with E-state index in [1.807, 2.05) is 0 Å². The van der Waals surface area contributed by atoms with Gasteiger partial charge in [-0.05, 0) is 103 Å². The van der Waals surface area contributed by atoms with Crippen LogP contribution < -0.4 is 0 Å². The van der Waals surface area contributed by atoms with Gasteiger partial charge in [0.05, 0.1) is 18.1 Å². The molecule has 3 aliphatic rings. The van der Waals surface area contributed by atoms with E-state index in [9.17, 15) is 8.42 Å². The smallest absolute Gasteiger partial charge is 0.175 e. The second-order valence-corrected chi connectivity index (χ2v) is 13.1. The Morgan fingerprint density at radius 1 is 0.615 bits per heavy atom. The van der Waals surface area contributed by atoms with E-state index in [4.69, 9.17) is 4.74 Å². The molecule has 0 aromatic heterocycles. The molecule has 39 heavy (non-hydrogen) atoms. The van der Waals surface area contributed by atoms with E-state index < -0.39 is 9.84 Å². The van der Waals surface area contributed by atoms with Crippen molar-refractivity contribution in [2.45, 2.75) is 96.3 Å². The fraction of sp³-hybridized carbons (Fsp3) is 0.812. The largest absolute Gasteiger partial charge is 0.379 e. The van der Waals surface area contributed by atoms with Crippen LogP contribution in [0.25, 0.3) is 0 Å². The van der Waals surface area contributed by atoms with Crippen LogP contribution in [0.15, 0.2) is 35.2 Å². The molecular formula is C32H61N3O3S. The van der Waals surface area contributed by atoms with Gasteiger partial charge in [0.1, 0.15) is 0 Å². The Labute approximate surface area is 242 Å². The Kier molecular flexibility index (Phi) is 21.9. The summed E-state index contributed by atoms with van der Waals surface area (Å²) in [6.07, 6.45) is 16.5. The quantitative estimate of drug-likeness (QED) is 0.328. The number of likely N-dealkylation sites (tertiary alicyclic amines) is 2. The van der Waals surface area contributed by atoms with Gasteiger partial charge in [-0.2, -0.15) is 0 Å². The molecule has 0 radical (unpaired) electrons. The minimum Gasteiger partial charge on any atom is -0.379 e. The van der Waals surface area contributed by atoms with E-state index in [0.29, 0.717) is 4.90 Å². The first-order valence-corrected chi connectivity index (χ1v) is 17.8. The van der Waals surface area contributed by atoms with Crippen molar-refractivity contribution in [1.82, 2.24) is 14.7 Å². The van der Waals surface area contributed by atoms with Gasteiger partial charge in [-0.25, -0.2) is 8.42 Å². The van der Waals surface area contributed by atoms with Gasteiger partial charge in [0.2, 0.25) is 0 Å². The van der Waals surface area contributed by atoms with Gasteiger partial charge in [0.15, 0.2) is 9.84 Å². The molecule has 3 fully saturated rings. The molecule has 3 saturated heterocycles. The number of piperidine rings is 1. The lowest BCUT2D eigenvalue weighted by Crippen LogP contribution is -2.36. The normalized spacial score (nSPS) is 18.7. The molecule has 0 amide bonds. The average molecular weight is 568 g/mol. The van der Waals surface area contributed by atoms with Crippen LogP contribution in [-0.4, -0.2) is 101 Å². The van der Waals surface area contributed by atoms with Gasteiger partial charge in [-0.3, -0.25) is 4.90 Å². The van der Waals surface area contributed by atoms with Crippen molar-refractivity contribution in [3.05, 3.63) is 30.3 Å². The zero-order valence-electron chi connectivity index (χ0n) is 25.9. The number of hydrogen-bond acceptors (Lipinski definition) is 6. The van der Waals surface area contributed by atoms with Crippen LogP contribution in [0.4, 0.5) is 0 Å². The molecule has 6 nitrogen and oxygen atoms in total. The Morgan fingerprint density at radius 2 is 1.00 bits per heavy atom. The molecular weight excluding hydrogens is 506 g/mol. The zero-order chi connectivity index (χ0) is 28.6. The molecule has 3 aliphatic heterocycles. The third kappa shape index (κ3) is 19.7. The monoisotopic (exact) mass is 567 g/mol. The van der Waals surface area contributed by atoms with E-state index in [1.54, 1.807) is 30.3 Å². The minimum absolute atomic E-state index is 0.370. The maximum atomic E-state index is 10.8. The molecule has 0 saturated carbocycles. The van der Waals surface area contributed by atoms with Crippen LogP contribution in [0.5, 0.6) is 0 Å². The van der Waals surface area contributed by atoms with E-state index in [2.05, 4.69) is 35.5 Å². The maximum Gasteiger partial charge on any atom is 0.175 e. The Balaban J connectivity index is 0.000000260. The number of unbranched alkanes of at least 4 members (excludes halogenated alkanes) is 3. The van der Waals surface area contributed by atoms with E-state index in [1.165, 1.54) is 123 Å². The fourth-order valence-corrected chi connectivity index (χ4v) is 5.48. The molecule has 0 aliphatic carbocycles. The molecule has 0 unspecified atom stereocenters. The third-order valence-electron chi connectivity index (χ3n) is 7.41. The van der Waals surface area contributed by atoms with E-state index >= 15 is 0 Å². The average Bonchev–Trinajstić information content (AvgIpc) is 3.50. The topological polar surface area (TPSA) is 53.1 Å². The highest BCUT2D eigenvalue weighted by Crippen LogP contribution is 2.09. The van der Waals surface area contributed by atoms with Crippen molar-refractivity contribution < 1.29 is 13.2 Å². The van der Waals surface area contributed by atoms with Crippen LogP contribution in [0.1, 0.15) is 91.4 Å². The molecule has 228 valence electrons. The lowest BCUT2D eigenvalue weighted by molar-refractivity contribution is 0.0373. The number of sulfone groups is 1. The summed E-state index contributed by atoms with van der Waals surface area (Å²) >= 11 is 0. The first-order chi connectivity index (χ1) is 18.9. The van der Waals surface area contributed by atoms with Crippen LogP contribution in [-0.2, 0) is 14.6 Å². The predicted molar refractivity (Wildman–Crippen MR) is 167 cm³/mol. The van der Waals surface area contributed by atoms with Crippen LogP contribution in [0.2, 0.25) is 0 Å². The summed E-state index contributed by atoms with van der Waals surface area (Å²) in [6.45, 7) is 20.3. The highest BCUT2D eigenvalue weighted by atomic mass is 32.2. The fourth-order valence-electron chi connectivity index (χ4n) is 4.83. The van der Waals surface area contributed by atoms with Gasteiger partial charge in [-0.1, -0.05) is 64.7 Å². The number of nitrogens with zero attached hydrogens (tertiary/aromatic N) is 3. The lowest BCUT2D eigenvalue weighted by atomic mass is 10.1. The predicted octanol–water partition coefficient (Wildman–Crippen LogP) is 6.36. The van der Waals surface area contributed by atoms with E-state index in [0.717, 1.165) is 26.3 Å². The van der Waals surface area contributed by atoms with Crippen LogP contribution in [0.3, 0.4) is 0 Å². The minimum atomic E-state index is -3.00. The van der Waals surface area contributed by atoms with Crippen LogP contribution >= 0.6 is 0 Å². The summed E-state index contributed by atoms with van der Waals surface area (Å²) in [5.41, 5.74) is 0. The number of ether oxygens (including phenoxy) is 1. The van der Waals surface area contributed by atoms with E-state index in [-0.39, 0.29) is 0 Å². The number of benzene rings is 1. The Morgan fingerprint density at radius 3 is 1.36 bits per heavy atom. The van der Waals surface area contributed by atoms with Crippen LogP contribution in [0, 0.1) is 0 Å². The molecule has 1 aromatic carbocycles. The number of morpholine rings is 1. The molecule has 0 atom stereocenters. The van der Waals surface area contributed by atoms with Crippen molar-refractivity contribution in [3.63, 3.8) is 0 Å². The highest BCUT2D eigenvalue weighted by molar-refractivity contribution is 7.90. The van der Waals surface area contributed by atoms with Gasteiger partial charge >= 0.3 is 0 Å². The first kappa shape index (κ1) is 36.0. The highest BCUT2D eigenvalue weighted by Gasteiger charge is 2.10. The summed E-state index contributed by atoms with van der Waals surface area (Å²) < 4.78 is 26.9. The molecule has 7 heteroatoms. The number of hydrogen-bond donors (Lipinski definition) is 0. The maximum absolute atomic E-state index is 10.8. The van der Waals surface area contributed by atoms with Crippen molar-refractivity contribution in [1.29, 1.82) is 0 Å². The summed E-state index contributed by atoms with van der Waals surface area (Å²) in [4.78, 5) is 8.03. The summed E-state index contributed by atoms with van der Waals surface area (Å²) in [5.74, 6) is 0. The standard InChI is InChI=1S/C9H19N.C8H17NO.C8H17N.C7H8O2S/c1-2-3-7-10-8-5-4-6-9-10;1-2-3-4-9-5-7-10-8-6-9;1-2-3-6-9-7-4-5-8-9;1-10(8,9)7-5-3-2-4-6-7/h2-9H2,1H3;2-8H2,1H3;2-8H2,1H3;2-6H,1H3. The van der Waals surface area contributed by atoms with Crippen molar-refractivity contribution in [3.8, 4) is 0 Å². The van der Waals surface area contributed by atoms with Gasteiger partial charge in [0.25, 0.3) is 0 Å². The van der Waals surface area contributed by atoms with Crippen molar-refractivity contribution in [2.75, 3.05) is 78.4 Å². The molecule has 1 aromatic rings. The van der Waals surface area contributed by atoms with Crippen molar-refractivity contribution in [2.24, 2.45) is 0 Å². The SMILES string of the molecule is CCCCN1CCCC1.CCCCN1CCCCC1.CCCCN1CCOCC1.CS(=O)(=O)c1ccccc1. The summed E-state index contributed by atoms with van der Waals surface area (Å²) in [7, 11) is -3.00. The second-order valence-electron chi connectivity index (χ2n) is 11.1. The second kappa shape index (κ2) is 23.7. The summed E-state index contributed by atoms with van der Waals surface area (Å²) in [6, 6.07) is 8.35. The molecule has 3 heterocycles. The van der Waals surface area contributed by atoms with Gasteiger partial charge in [-0.15, -0.1) is 0 Å². The lowest BCUT2D eigenvalue weighted by Gasteiger charge is -2.26. The first-order valence-electron chi connectivity index (χ1n) is 15.9. The molecule has 0 N–H and O–H groups in total. The molecule has 4 rings (SSSR count).